The van der Waals surface area contributed by atoms with Gasteiger partial charge in [0.05, 0.1) is 12.6 Å². The highest BCUT2D eigenvalue weighted by atomic mass is 127. The zero-order valence-corrected chi connectivity index (χ0v) is 20.9. The number of methoxy groups -OCH3 is 1. The summed E-state index contributed by atoms with van der Waals surface area (Å²) in [5, 5.41) is 9.61. The Morgan fingerprint density at radius 3 is 2.63 bits per heavy atom. The standard InChI is InChI=1S/C24H36N4O.HI/c1-4-25-24(26-18-20-12-14-28(15-13-20)16-17-29-3)27-19(2)22-11-7-9-21-8-5-6-10-23(21)22;/h5-11,19-20H,4,12-18H2,1-3H3,(H2,25,26,27);1H. The van der Waals surface area contributed by atoms with Crippen LogP contribution in [0.3, 0.4) is 0 Å². The molecule has 0 amide bonds. The molecular formula is C24H37IN4O. The Bertz CT molecular complexity index is 784. The molecule has 5 nitrogen and oxygen atoms in total. The van der Waals surface area contributed by atoms with Gasteiger partial charge in [-0.05, 0) is 62.0 Å². The second-order valence-electron chi connectivity index (χ2n) is 7.93. The number of likely N-dealkylation sites (tertiary alicyclic amines) is 1. The normalized spacial score (nSPS) is 16.8. The molecule has 1 heterocycles. The minimum absolute atomic E-state index is 0. The van der Waals surface area contributed by atoms with Crippen molar-refractivity contribution in [2.75, 3.05) is 46.4 Å². The average Bonchev–Trinajstić information content (AvgIpc) is 2.76. The molecule has 1 atom stereocenters. The predicted octanol–water partition coefficient (Wildman–Crippen LogP) is 4.43. The molecule has 30 heavy (non-hydrogen) atoms. The van der Waals surface area contributed by atoms with E-state index in [1.807, 2.05) is 0 Å². The highest BCUT2D eigenvalue weighted by Crippen LogP contribution is 2.24. The van der Waals surface area contributed by atoms with E-state index in [0.29, 0.717) is 5.92 Å². The van der Waals surface area contributed by atoms with Gasteiger partial charge >= 0.3 is 0 Å². The van der Waals surface area contributed by atoms with Crippen LogP contribution < -0.4 is 10.6 Å². The maximum Gasteiger partial charge on any atom is 0.191 e. The number of ether oxygens (including phenoxy) is 1. The van der Waals surface area contributed by atoms with Crippen LogP contribution in [0, 0.1) is 5.92 Å². The monoisotopic (exact) mass is 524 g/mol. The van der Waals surface area contributed by atoms with Crippen LogP contribution in [0.1, 0.15) is 38.3 Å². The number of piperidine rings is 1. The molecule has 166 valence electrons. The van der Waals surface area contributed by atoms with Crippen molar-refractivity contribution in [2.45, 2.75) is 32.7 Å². The van der Waals surface area contributed by atoms with E-state index in [0.717, 1.165) is 45.3 Å². The van der Waals surface area contributed by atoms with Crippen molar-refractivity contribution < 1.29 is 4.74 Å². The summed E-state index contributed by atoms with van der Waals surface area (Å²) in [4.78, 5) is 7.42. The number of nitrogens with zero attached hydrogens (tertiary/aromatic N) is 2. The second-order valence-corrected chi connectivity index (χ2v) is 7.93. The van der Waals surface area contributed by atoms with Crippen LogP contribution in [0.5, 0.6) is 0 Å². The molecule has 0 bridgehead atoms. The van der Waals surface area contributed by atoms with Gasteiger partial charge in [-0.15, -0.1) is 24.0 Å². The first-order valence-corrected chi connectivity index (χ1v) is 10.9. The molecule has 0 radical (unpaired) electrons. The minimum atomic E-state index is 0. The van der Waals surface area contributed by atoms with Crippen molar-refractivity contribution in [1.29, 1.82) is 0 Å². The molecule has 3 rings (SSSR count). The summed E-state index contributed by atoms with van der Waals surface area (Å²) in [6.45, 7) is 10.2. The summed E-state index contributed by atoms with van der Waals surface area (Å²) in [5.74, 6) is 1.58. The summed E-state index contributed by atoms with van der Waals surface area (Å²) < 4.78 is 5.20. The Labute approximate surface area is 198 Å². The fourth-order valence-corrected chi connectivity index (χ4v) is 4.06. The van der Waals surface area contributed by atoms with Crippen molar-refractivity contribution in [3.8, 4) is 0 Å². The van der Waals surface area contributed by atoms with E-state index in [1.165, 1.54) is 29.2 Å². The number of rotatable bonds is 8. The number of hydrogen-bond donors (Lipinski definition) is 2. The van der Waals surface area contributed by atoms with Gasteiger partial charge in [0.15, 0.2) is 5.96 Å². The Morgan fingerprint density at radius 1 is 1.17 bits per heavy atom. The van der Waals surface area contributed by atoms with E-state index in [-0.39, 0.29) is 30.0 Å². The van der Waals surface area contributed by atoms with Gasteiger partial charge in [0, 0.05) is 26.7 Å². The molecule has 2 N–H and O–H groups in total. The zero-order valence-electron chi connectivity index (χ0n) is 18.6. The highest BCUT2D eigenvalue weighted by molar-refractivity contribution is 14.0. The van der Waals surface area contributed by atoms with Gasteiger partial charge in [-0.1, -0.05) is 42.5 Å². The SMILES string of the molecule is CCNC(=NCC1CCN(CCOC)CC1)NC(C)c1cccc2ccccc12.I. The van der Waals surface area contributed by atoms with Gasteiger partial charge in [-0.25, -0.2) is 0 Å². The number of halogens is 1. The van der Waals surface area contributed by atoms with Crippen molar-refractivity contribution in [3.63, 3.8) is 0 Å². The van der Waals surface area contributed by atoms with Gasteiger partial charge in [0.1, 0.15) is 0 Å². The number of hydrogen-bond acceptors (Lipinski definition) is 3. The van der Waals surface area contributed by atoms with E-state index in [1.54, 1.807) is 7.11 Å². The fourth-order valence-electron chi connectivity index (χ4n) is 4.06. The van der Waals surface area contributed by atoms with Gasteiger partial charge in [0.25, 0.3) is 0 Å². The number of fused-ring (bicyclic) bond motifs is 1. The van der Waals surface area contributed by atoms with Crippen LogP contribution in [0.2, 0.25) is 0 Å². The quantitative estimate of drug-likeness (QED) is 0.305. The first-order chi connectivity index (χ1) is 14.2. The van der Waals surface area contributed by atoms with Crippen molar-refractivity contribution >= 4 is 40.7 Å². The van der Waals surface area contributed by atoms with Crippen molar-refractivity contribution in [3.05, 3.63) is 48.0 Å². The van der Waals surface area contributed by atoms with Crippen molar-refractivity contribution in [2.24, 2.45) is 10.9 Å². The molecule has 1 fully saturated rings. The Morgan fingerprint density at radius 2 is 1.90 bits per heavy atom. The Hall–Kier alpha value is -1.38. The van der Waals surface area contributed by atoms with Crippen LogP contribution in [-0.2, 0) is 4.74 Å². The summed E-state index contributed by atoms with van der Waals surface area (Å²) >= 11 is 0. The van der Waals surface area contributed by atoms with E-state index in [2.05, 4.69) is 71.8 Å². The van der Waals surface area contributed by atoms with E-state index < -0.39 is 0 Å². The third-order valence-electron chi connectivity index (χ3n) is 5.81. The van der Waals surface area contributed by atoms with E-state index in [9.17, 15) is 0 Å². The van der Waals surface area contributed by atoms with Gasteiger partial charge < -0.3 is 20.3 Å². The summed E-state index contributed by atoms with van der Waals surface area (Å²) in [6.07, 6.45) is 2.43. The smallest absolute Gasteiger partial charge is 0.191 e. The Kier molecular flexibility index (Phi) is 10.9. The minimum Gasteiger partial charge on any atom is -0.383 e. The highest BCUT2D eigenvalue weighted by Gasteiger charge is 2.19. The molecule has 2 aromatic rings. The lowest BCUT2D eigenvalue weighted by atomic mass is 9.97. The molecule has 2 aromatic carbocycles. The van der Waals surface area contributed by atoms with Crippen LogP contribution in [0.15, 0.2) is 47.5 Å². The lowest BCUT2D eigenvalue weighted by Crippen LogP contribution is -2.40. The first kappa shape index (κ1) is 24.9. The van der Waals surface area contributed by atoms with Crippen LogP contribution >= 0.6 is 24.0 Å². The third kappa shape index (κ3) is 7.10. The predicted molar refractivity (Wildman–Crippen MR) is 138 cm³/mol. The number of nitrogens with one attached hydrogen (secondary N) is 2. The summed E-state index contributed by atoms with van der Waals surface area (Å²) in [7, 11) is 1.77. The van der Waals surface area contributed by atoms with Crippen LogP contribution in [-0.4, -0.2) is 57.3 Å². The maximum atomic E-state index is 5.20. The summed E-state index contributed by atoms with van der Waals surface area (Å²) in [5.41, 5.74) is 1.31. The third-order valence-corrected chi connectivity index (χ3v) is 5.81. The van der Waals surface area contributed by atoms with E-state index in [4.69, 9.17) is 9.73 Å². The number of aliphatic imine (C=N–C) groups is 1. The molecule has 1 saturated heterocycles. The lowest BCUT2D eigenvalue weighted by molar-refractivity contribution is 0.121. The van der Waals surface area contributed by atoms with Crippen LogP contribution in [0.25, 0.3) is 10.8 Å². The molecule has 1 aliphatic heterocycles. The molecule has 0 aliphatic carbocycles. The molecule has 6 heteroatoms. The molecule has 1 aliphatic rings. The van der Waals surface area contributed by atoms with Gasteiger partial charge in [0.2, 0.25) is 0 Å². The molecule has 0 saturated carbocycles. The fraction of sp³-hybridized carbons (Fsp3) is 0.542. The zero-order chi connectivity index (χ0) is 20.5. The van der Waals surface area contributed by atoms with Crippen LogP contribution in [0.4, 0.5) is 0 Å². The first-order valence-electron chi connectivity index (χ1n) is 10.9. The van der Waals surface area contributed by atoms with Crippen molar-refractivity contribution in [1.82, 2.24) is 15.5 Å². The molecular weight excluding hydrogens is 487 g/mol. The van der Waals surface area contributed by atoms with Gasteiger partial charge in [-0.3, -0.25) is 4.99 Å². The molecule has 0 spiro atoms. The lowest BCUT2D eigenvalue weighted by Gasteiger charge is -2.31. The van der Waals surface area contributed by atoms with Gasteiger partial charge in [-0.2, -0.15) is 0 Å². The molecule has 0 aromatic heterocycles. The topological polar surface area (TPSA) is 48.9 Å². The maximum absolute atomic E-state index is 5.20. The van der Waals surface area contributed by atoms with E-state index >= 15 is 0 Å². The second kappa shape index (κ2) is 13.1. The number of benzene rings is 2. The average molecular weight is 524 g/mol. The number of guanidine groups is 1. The Balaban J connectivity index is 0.00000320. The molecule has 1 unspecified atom stereocenters. The largest absolute Gasteiger partial charge is 0.383 e. The summed E-state index contributed by atoms with van der Waals surface area (Å²) in [6, 6.07) is 15.3.